The Hall–Kier alpha value is -2.48. The fourth-order valence-corrected chi connectivity index (χ4v) is 4.88. The lowest BCUT2D eigenvalue weighted by Crippen LogP contribution is -2.37. The highest BCUT2D eigenvalue weighted by molar-refractivity contribution is 7.93. The molecule has 1 saturated carbocycles. The quantitative estimate of drug-likeness (QED) is 0.803. The van der Waals surface area contributed by atoms with Crippen LogP contribution in [0.5, 0.6) is 0 Å². The molecule has 1 N–H and O–H groups in total. The van der Waals surface area contributed by atoms with E-state index in [1.807, 2.05) is 24.3 Å². The molecule has 4 rings (SSSR count). The molecule has 1 unspecified atom stereocenters. The van der Waals surface area contributed by atoms with Crippen LogP contribution in [0, 0.1) is 0 Å². The van der Waals surface area contributed by atoms with Gasteiger partial charge < -0.3 is 4.74 Å². The van der Waals surface area contributed by atoms with E-state index < -0.39 is 21.4 Å². The zero-order chi connectivity index (χ0) is 18.4. The molecular formula is C18H19N3O4S. The molecule has 1 aromatic carbocycles. The van der Waals surface area contributed by atoms with E-state index in [1.54, 1.807) is 6.07 Å². The molecule has 2 aliphatic rings. The number of esters is 1. The van der Waals surface area contributed by atoms with Gasteiger partial charge in [-0.3, -0.25) is 9.52 Å². The first-order valence-electron chi connectivity index (χ1n) is 8.49. The van der Waals surface area contributed by atoms with E-state index in [0.29, 0.717) is 25.0 Å². The summed E-state index contributed by atoms with van der Waals surface area (Å²) in [6.07, 6.45) is 4.00. The fraction of sp³-hybridized carbons (Fsp3) is 0.389. The lowest BCUT2D eigenvalue weighted by atomic mass is 9.78. The highest BCUT2D eigenvalue weighted by atomic mass is 32.2. The van der Waals surface area contributed by atoms with Gasteiger partial charge >= 0.3 is 5.97 Å². The maximum absolute atomic E-state index is 12.8. The third kappa shape index (κ3) is 2.65. The molecule has 1 heterocycles. The Bertz CT molecular complexity index is 972. The molecule has 2 aromatic rings. The van der Waals surface area contributed by atoms with Crippen LogP contribution in [-0.2, 0) is 31.4 Å². The van der Waals surface area contributed by atoms with Gasteiger partial charge in [-0.05, 0) is 42.9 Å². The molecule has 1 fully saturated rings. The maximum atomic E-state index is 12.8. The number of hydrogen-bond acceptors (Lipinski definition) is 6. The predicted molar refractivity (Wildman–Crippen MR) is 95.2 cm³/mol. The summed E-state index contributed by atoms with van der Waals surface area (Å²) < 4.78 is 31.9. The Morgan fingerprint density at radius 3 is 2.77 bits per heavy atom. The van der Waals surface area contributed by atoms with Gasteiger partial charge in [0.25, 0.3) is 0 Å². The van der Waals surface area contributed by atoms with Crippen molar-refractivity contribution >= 4 is 21.9 Å². The normalized spacial score (nSPS) is 21.9. The van der Waals surface area contributed by atoms with Crippen LogP contribution in [0.3, 0.4) is 0 Å². The van der Waals surface area contributed by atoms with Crippen molar-refractivity contribution < 1.29 is 17.9 Å². The molecule has 0 aliphatic heterocycles. The van der Waals surface area contributed by atoms with Crippen molar-refractivity contribution in [2.45, 2.75) is 36.3 Å². The Kier molecular flexibility index (Phi) is 3.95. The summed E-state index contributed by atoms with van der Waals surface area (Å²) >= 11 is 0. The van der Waals surface area contributed by atoms with Crippen LogP contribution in [0.25, 0.3) is 0 Å². The van der Waals surface area contributed by atoms with E-state index in [4.69, 9.17) is 4.74 Å². The molecule has 0 amide bonds. The maximum Gasteiger partial charge on any atom is 0.322 e. The number of nitrogens with zero attached hydrogens (tertiary/aromatic N) is 2. The number of methoxy groups -OCH3 is 1. The molecule has 0 bridgehead atoms. The smallest absolute Gasteiger partial charge is 0.322 e. The lowest BCUT2D eigenvalue weighted by Gasteiger charge is -2.27. The topological polar surface area (TPSA) is 98.2 Å². The van der Waals surface area contributed by atoms with Gasteiger partial charge in [0, 0.05) is 6.20 Å². The Balaban J connectivity index is 1.79. The molecule has 8 heteroatoms. The van der Waals surface area contributed by atoms with Crippen LogP contribution in [0.15, 0.2) is 36.5 Å². The Labute approximate surface area is 151 Å². The van der Waals surface area contributed by atoms with Gasteiger partial charge in [-0.2, -0.15) is 0 Å². The van der Waals surface area contributed by atoms with E-state index >= 15 is 0 Å². The summed E-state index contributed by atoms with van der Waals surface area (Å²) in [5, 5.41) is -0.378. The number of carbonyl (C=O) groups is 1. The van der Waals surface area contributed by atoms with Gasteiger partial charge in [0.1, 0.15) is 5.41 Å². The van der Waals surface area contributed by atoms with Gasteiger partial charge in [0.05, 0.1) is 18.1 Å². The number of aryl methyl sites for hydroxylation is 1. The number of ether oxygens (including phenoxy) is 1. The standard InChI is InChI=1S/C18H19N3O4S/c1-25-16(22)18(10-8-12-4-2-3-5-14(12)18)15-9-11-19-17(20-15)21-26(23,24)13-6-7-13/h2-5,9,11,13H,6-8,10H2,1H3,(H,19,20,21). The van der Waals surface area contributed by atoms with Crippen LogP contribution in [0.1, 0.15) is 36.1 Å². The van der Waals surface area contributed by atoms with Crippen molar-refractivity contribution in [2.24, 2.45) is 0 Å². The SMILES string of the molecule is COC(=O)C1(c2ccnc(NS(=O)(=O)C3CC3)n2)CCc2ccccc21. The Morgan fingerprint density at radius 1 is 1.27 bits per heavy atom. The first kappa shape index (κ1) is 17.0. The first-order chi connectivity index (χ1) is 12.5. The van der Waals surface area contributed by atoms with Gasteiger partial charge in [-0.25, -0.2) is 18.4 Å². The minimum Gasteiger partial charge on any atom is -0.468 e. The van der Waals surface area contributed by atoms with Crippen molar-refractivity contribution in [3.05, 3.63) is 53.3 Å². The third-order valence-electron chi connectivity index (χ3n) is 5.07. The average Bonchev–Trinajstić information content (AvgIpc) is 3.43. The fourth-order valence-electron chi connectivity index (χ4n) is 3.60. The zero-order valence-electron chi connectivity index (χ0n) is 14.3. The second kappa shape index (κ2) is 6.05. The number of sulfonamides is 1. The number of anilines is 1. The van der Waals surface area contributed by atoms with Gasteiger partial charge in [0.15, 0.2) is 0 Å². The second-order valence-corrected chi connectivity index (χ2v) is 8.63. The second-order valence-electron chi connectivity index (χ2n) is 6.67. The molecular weight excluding hydrogens is 354 g/mol. The van der Waals surface area contributed by atoms with Crippen molar-refractivity contribution in [3.63, 3.8) is 0 Å². The number of rotatable bonds is 5. The van der Waals surface area contributed by atoms with Crippen molar-refractivity contribution in [1.82, 2.24) is 9.97 Å². The largest absolute Gasteiger partial charge is 0.468 e. The molecule has 0 saturated heterocycles. The van der Waals surface area contributed by atoms with Gasteiger partial charge in [-0.15, -0.1) is 0 Å². The van der Waals surface area contributed by atoms with E-state index in [1.165, 1.54) is 13.3 Å². The number of hydrogen-bond donors (Lipinski definition) is 1. The van der Waals surface area contributed by atoms with Crippen LogP contribution < -0.4 is 4.72 Å². The molecule has 136 valence electrons. The van der Waals surface area contributed by atoms with Crippen molar-refractivity contribution in [3.8, 4) is 0 Å². The molecule has 1 atom stereocenters. The number of fused-ring (bicyclic) bond motifs is 1. The molecule has 7 nitrogen and oxygen atoms in total. The average molecular weight is 373 g/mol. The summed E-state index contributed by atoms with van der Waals surface area (Å²) in [4.78, 5) is 21.2. The van der Waals surface area contributed by atoms with Crippen LogP contribution in [-0.4, -0.2) is 36.7 Å². The molecule has 2 aliphatic carbocycles. The summed E-state index contributed by atoms with van der Waals surface area (Å²) in [5.41, 5.74) is 1.31. The monoisotopic (exact) mass is 373 g/mol. The predicted octanol–water partition coefficient (Wildman–Crippen LogP) is 1.79. The lowest BCUT2D eigenvalue weighted by molar-refractivity contribution is -0.146. The molecule has 0 spiro atoms. The number of aromatic nitrogens is 2. The molecule has 0 radical (unpaired) electrons. The Morgan fingerprint density at radius 2 is 2.04 bits per heavy atom. The van der Waals surface area contributed by atoms with E-state index in [0.717, 1.165) is 17.5 Å². The van der Waals surface area contributed by atoms with Gasteiger partial charge in [0.2, 0.25) is 16.0 Å². The van der Waals surface area contributed by atoms with Gasteiger partial charge in [-0.1, -0.05) is 24.3 Å². The molecule has 1 aromatic heterocycles. The highest BCUT2D eigenvalue weighted by Gasteiger charge is 2.49. The van der Waals surface area contributed by atoms with E-state index in [-0.39, 0.29) is 11.2 Å². The minimum absolute atomic E-state index is 0.0120. The number of carbonyl (C=O) groups excluding carboxylic acids is 1. The highest BCUT2D eigenvalue weighted by Crippen LogP contribution is 2.44. The summed E-state index contributed by atoms with van der Waals surface area (Å²) in [6.45, 7) is 0. The van der Waals surface area contributed by atoms with Crippen molar-refractivity contribution in [2.75, 3.05) is 11.8 Å². The summed E-state index contributed by atoms with van der Waals surface area (Å²) in [7, 11) is -2.13. The van der Waals surface area contributed by atoms with Crippen LogP contribution >= 0.6 is 0 Å². The van der Waals surface area contributed by atoms with Crippen LogP contribution in [0.2, 0.25) is 0 Å². The third-order valence-corrected chi connectivity index (χ3v) is 6.89. The van der Waals surface area contributed by atoms with Crippen LogP contribution in [0.4, 0.5) is 5.95 Å². The van der Waals surface area contributed by atoms with Crippen molar-refractivity contribution in [1.29, 1.82) is 0 Å². The number of nitrogens with one attached hydrogen (secondary N) is 1. The van der Waals surface area contributed by atoms with E-state index in [2.05, 4.69) is 14.7 Å². The van der Waals surface area contributed by atoms with E-state index in [9.17, 15) is 13.2 Å². The summed E-state index contributed by atoms with van der Waals surface area (Å²) in [6, 6.07) is 9.34. The summed E-state index contributed by atoms with van der Waals surface area (Å²) in [5.74, 6) is -0.417. The zero-order valence-corrected chi connectivity index (χ0v) is 15.1. The molecule has 26 heavy (non-hydrogen) atoms. The first-order valence-corrected chi connectivity index (χ1v) is 10.0. The number of benzene rings is 1. The minimum atomic E-state index is -3.48.